The van der Waals surface area contributed by atoms with Gasteiger partial charge < -0.3 is 5.11 Å². The van der Waals surface area contributed by atoms with Gasteiger partial charge in [-0.2, -0.15) is 0 Å². The van der Waals surface area contributed by atoms with Gasteiger partial charge in [0.15, 0.2) is 0 Å². The number of rotatable bonds is 6. The Bertz CT molecular complexity index is 381. The first-order valence-corrected chi connectivity index (χ1v) is 5.73. The predicted molar refractivity (Wildman–Crippen MR) is 69.8 cm³/mol. The zero-order valence-electron chi connectivity index (χ0n) is 11.0. The van der Waals surface area contributed by atoms with Crippen LogP contribution in [0.25, 0.3) is 0 Å². The van der Waals surface area contributed by atoms with Crippen molar-refractivity contribution in [2.75, 3.05) is 25.6 Å². The largest absolute Gasteiger partial charge is 0.394 e. The molecule has 3 N–H and O–H groups in total. The molecule has 0 aliphatic carbocycles. The maximum Gasteiger partial charge on any atom is 0.252 e. The normalized spacial score (nSPS) is 11.4. The average molecular weight is 252 g/mol. The Morgan fingerprint density at radius 3 is 2.78 bits per heavy atom. The number of hydrogen-bond acceptors (Lipinski definition) is 5. The lowest BCUT2D eigenvalue weighted by Crippen LogP contribution is -2.49. The molecule has 0 bridgehead atoms. The Hall–Kier alpha value is -1.66. The van der Waals surface area contributed by atoms with E-state index in [-0.39, 0.29) is 19.1 Å². The van der Waals surface area contributed by atoms with Gasteiger partial charge in [-0.25, -0.2) is 4.98 Å². The van der Waals surface area contributed by atoms with E-state index in [0.29, 0.717) is 5.82 Å². The number of likely N-dealkylation sites (N-methyl/N-ethyl adjacent to an activating group) is 1. The molecule has 1 aromatic rings. The van der Waals surface area contributed by atoms with Crippen molar-refractivity contribution in [3.8, 4) is 0 Å². The van der Waals surface area contributed by atoms with Crippen LogP contribution in [0.2, 0.25) is 0 Å². The molecule has 1 rings (SSSR count). The SMILES string of the molecule is CN(CC(=O)NNc1ccccn1)C(C)(C)CO. The molecule has 0 fully saturated rings. The number of nitrogens with one attached hydrogen (secondary N) is 2. The van der Waals surface area contributed by atoms with Crippen molar-refractivity contribution in [1.82, 2.24) is 15.3 Å². The summed E-state index contributed by atoms with van der Waals surface area (Å²) in [5.74, 6) is 0.389. The van der Waals surface area contributed by atoms with Gasteiger partial charge in [-0.15, -0.1) is 0 Å². The Morgan fingerprint density at radius 2 is 2.22 bits per heavy atom. The van der Waals surface area contributed by atoms with Crippen molar-refractivity contribution in [3.05, 3.63) is 24.4 Å². The van der Waals surface area contributed by atoms with E-state index in [4.69, 9.17) is 0 Å². The first-order valence-electron chi connectivity index (χ1n) is 5.73. The summed E-state index contributed by atoms with van der Waals surface area (Å²) in [6.45, 7) is 3.91. The van der Waals surface area contributed by atoms with E-state index in [2.05, 4.69) is 15.8 Å². The summed E-state index contributed by atoms with van der Waals surface area (Å²) in [7, 11) is 1.79. The van der Waals surface area contributed by atoms with Crippen LogP contribution in [0.4, 0.5) is 5.82 Å². The number of aliphatic hydroxyl groups is 1. The molecule has 0 atom stereocenters. The van der Waals surface area contributed by atoms with E-state index in [9.17, 15) is 9.90 Å². The van der Waals surface area contributed by atoms with Crippen LogP contribution in [0.15, 0.2) is 24.4 Å². The number of carbonyl (C=O) groups excluding carboxylic acids is 1. The summed E-state index contributed by atoms with van der Waals surface area (Å²) in [5, 5.41) is 9.19. The van der Waals surface area contributed by atoms with Crippen molar-refractivity contribution in [3.63, 3.8) is 0 Å². The number of aliphatic hydroxyl groups excluding tert-OH is 1. The second-order valence-electron chi connectivity index (χ2n) is 4.71. The average Bonchev–Trinajstić information content (AvgIpc) is 2.37. The third-order valence-electron chi connectivity index (χ3n) is 2.80. The second-order valence-corrected chi connectivity index (χ2v) is 4.71. The monoisotopic (exact) mass is 252 g/mol. The van der Waals surface area contributed by atoms with E-state index in [0.717, 1.165) is 0 Å². The predicted octanol–water partition coefficient (Wildman–Crippen LogP) is 0.227. The van der Waals surface area contributed by atoms with E-state index in [1.807, 2.05) is 19.9 Å². The van der Waals surface area contributed by atoms with Crippen LogP contribution < -0.4 is 10.9 Å². The third kappa shape index (κ3) is 4.31. The maximum atomic E-state index is 11.7. The molecule has 6 heteroatoms. The van der Waals surface area contributed by atoms with Crippen molar-refractivity contribution in [2.24, 2.45) is 0 Å². The van der Waals surface area contributed by atoms with Crippen molar-refractivity contribution in [2.45, 2.75) is 19.4 Å². The first-order chi connectivity index (χ1) is 8.45. The quantitative estimate of drug-likeness (QED) is 0.632. The van der Waals surface area contributed by atoms with Crippen LogP contribution in [0.1, 0.15) is 13.8 Å². The topological polar surface area (TPSA) is 77.5 Å². The van der Waals surface area contributed by atoms with Crippen molar-refractivity contribution >= 4 is 11.7 Å². The van der Waals surface area contributed by atoms with Gasteiger partial charge in [0.05, 0.1) is 13.2 Å². The molecular weight excluding hydrogens is 232 g/mol. The Kier molecular flexibility index (Phi) is 5.06. The lowest BCUT2D eigenvalue weighted by atomic mass is 10.1. The number of amides is 1. The van der Waals surface area contributed by atoms with Gasteiger partial charge in [-0.3, -0.25) is 20.5 Å². The molecule has 1 aromatic heterocycles. The number of anilines is 1. The molecule has 1 heterocycles. The zero-order chi connectivity index (χ0) is 13.6. The summed E-state index contributed by atoms with van der Waals surface area (Å²) < 4.78 is 0. The fourth-order valence-corrected chi connectivity index (χ4v) is 1.16. The summed E-state index contributed by atoms with van der Waals surface area (Å²) in [4.78, 5) is 17.5. The van der Waals surface area contributed by atoms with Gasteiger partial charge in [0.25, 0.3) is 5.91 Å². The van der Waals surface area contributed by atoms with Crippen LogP contribution in [-0.2, 0) is 4.79 Å². The minimum absolute atomic E-state index is 0.00947. The standard InChI is InChI=1S/C12H20N4O2/c1-12(2,9-17)16(3)8-11(18)15-14-10-6-4-5-7-13-10/h4-7,17H,8-9H2,1-3H3,(H,13,14)(H,15,18). The molecule has 0 unspecified atom stereocenters. The van der Waals surface area contributed by atoms with Crippen molar-refractivity contribution < 1.29 is 9.90 Å². The summed E-state index contributed by atoms with van der Waals surface area (Å²) in [6, 6.07) is 5.37. The highest BCUT2D eigenvalue weighted by molar-refractivity contribution is 5.79. The fraction of sp³-hybridized carbons (Fsp3) is 0.500. The van der Waals surface area contributed by atoms with Gasteiger partial charge in [0.1, 0.15) is 5.82 Å². The van der Waals surface area contributed by atoms with E-state index >= 15 is 0 Å². The molecule has 6 nitrogen and oxygen atoms in total. The molecule has 0 saturated carbocycles. The van der Waals surface area contributed by atoms with Gasteiger partial charge in [0.2, 0.25) is 0 Å². The number of carbonyl (C=O) groups is 1. The molecule has 18 heavy (non-hydrogen) atoms. The summed E-state index contributed by atoms with van der Waals surface area (Å²) in [5.41, 5.74) is 4.84. The smallest absolute Gasteiger partial charge is 0.252 e. The Morgan fingerprint density at radius 1 is 1.50 bits per heavy atom. The molecule has 100 valence electrons. The molecule has 1 amide bonds. The van der Waals surface area contributed by atoms with Crippen LogP contribution in [0, 0.1) is 0 Å². The van der Waals surface area contributed by atoms with E-state index < -0.39 is 5.54 Å². The van der Waals surface area contributed by atoms with Gasteiger partial charge >= 0.3 is 0 Å². The first kappa shape index (κ1) is 14.4. The number of hydrogen-bond donors (Lipinski definition) is 3. The van der Waals surface area contributed by atoms with Crippen molar-refractivity contribution in [1.29, 1.82) is 0 Å². The molecule has 0 aliphatic heterocycles. The minimum Gasteiger partial charge on any atom is -0.394 e. The minimum atomic E-state index is -0.428. The summed E-state index contributed by atoms with van der Waals surface area (Å²) in [6.07, 6.45) is 1.63. The van der Waals surface area contributed by atoms with Gasteiger partial charge in [-0.05, 0) is 33.0 Å². The van der Waals surface area contributed by atoms with Gasteiger partial charge in [0, 0.05) is 11.7 Å². The van der Waals surface area contributed by atoms with E-state index in [1.54, 1.807) is 30.3 Å². The maximum absolute atomic E-state index is 11.7. The summed E-state index contributed by atoms with van der Waals surface area (Å²) >= 11 is 0. The Labute approximate surface area is 107 Å². The zero-order valence-corrected chi connectivity index (χ0v) is 11.0. The third-order valence-corrected chi connectivity index (χ3v) is 2.80. The Balaban J connectivity index is 2.39. The highest BCUT2D eigenvalue weighted by atomic mass is 16.3. The second kappa shape index (κ2) is 6.32. The molecular formula is C12H20N4O2. The van der Waals surface area contributed by atoms with Crippen LogP contribution >= 0.6 is 0 Å². The molecule has 0 spiro atoms. The number of hydrazine groups is 1. The lowest BCUT2D eigenvalue weighted by molar-refractivity contribution is -0.123. The number of pyridine rings is 1. The molecule has 0 radical (unpaired) electrons. The highest BCUT2D eigenvalue weighted by Crippen LogP contribution is 2.09. The number of nitrogens with zero attached hydrogens (tertiary/aromatic N) is 2. The highest BCUT2D eigenvalue weighted by Gasteiger charge is 2.23. The van der Waals surface area contributed by atoms with Gasteiger partial charge in [-0.1, -0.05) is 6.07 Å². The van der Waals surface area contributed by atoms with E-state index in [1.165, 1.54) is 0 Å². The van der Waals surface area contributed by atoms with Crippen LogP contribution in [-0.4, -0.2) is 46.6 Å². The molecule has 0 aliphatic rings. The fourth-order valence-electron chi connectivity index (χ4n) is 1.16. The van der Waals surface area contributed by atoms with Crippen LogP contribution in [0.5, 0.6) is 0 Å². The number of aromatic nitrogens is 1. The lowest BCUT2D eigenvalue weighted by Gasteiger charge is -2.33. The molecule has 0 aromatic carbocycles. The van der Waals surface area contributed by atoms with Crippen LogP contribution in [0.3, 0.4) is 0 Å². The molecule has 0 saturated heterocycles.